The maximum atomic E-state index is 5.86. The van der Waals surface area contributed by atoms with E-state index in [4.69, 9.17) is 4.74 Å². The van der Waals surface area contributed by atoms with Crippen molar-refractivity contribution in [3.63, 3.8) is 0 Å². The Morgan fingerprint density at radius 3 is 2.91 bits per heavy atom. The van der Waals surface area contributed by atoms with Gasteiger partial charge in [-0.25, -0.2) is 0 Å². The van der Waals surface area contributed by atoms with Crippen LogP contribution in [0.2, 0.25) is 0 Å². The minimum Gasteiger partial charge on any atom is -0.376 e. The molecule has 0 aliphatic carbocycles. The highest BCUT2D eigenvalue weighted by atomic mass is 16.5. The van der Waals surface area contributed by atoms with Gasteiger partial charge in [-0.15, -0.1) is 0 Å². The molecule has 1 aromatic rings. The van der Waals surface area contributed by atoms with Crippen molar-refractivity contribution in [1.82, 2.24) is 9.88 Å². The van der Waals surface area contributed by atoms with E-state index in [1.165, 1.54) is 50.1 Å². The molecule has 4 heteroatoms. The maximum Gasteiger partial charge on any atom is 0.0629 e. The summed E-state index contributed by atoms with van der Waals surface area (Å²) in [5, 5.41) is 0. The van der Waals surface area contributed by atoms with Crippen molar-refractivity contribution in [1.29, 1.82) is 0 Å². The molecule has 1 atom stereocenters. The third-order valence-corrected chi connectivity index (χ3v) is 5.24. The molecule has 1 unspecified atom stereocenters. The Morgan fingerprint density at radius 2 is 2.13 bits per heavy atom. The molecule has 0 amide bonds. The quantitative estimate of drug-likeness (QED) is 0.856. The van der Waals surface area contributed by atoms with Gasteiger partial charge in [0.25, 0.3) is 0 Å². The van der Waals surface area contributed by atoms with Crippen LogP contribution in [0.1, 0.15) is 38.7 Å². The van der Waals surface area contributed by atoms with Gasteiger partial charge in [0.2, 0.25) is 0 Å². The Bertz CT molecular complexity index is 517. The molecule has 128 valence electrons. The fourth-order valence-electron chi connectivity index (χ4n) is 4.09. The van der Waals surface area contributed by atoms with Gasteiger partial charge in [-0.1, -0.05) is 0 Å². The number of hydrogen-bond acceptors (Lipinski definition) is 4. The van der Waals surface area contributed by atoms with E-state index in [1.807, 2.05) is 12.4 Å². The normalized spacial score (nSPS) is 26.0. The topological polar surface area (TPSA) is 28.6 Å². The molecule has 0 N–H and O–H groups in total. The molecule has 2 fully saturated rings. The molecule has 1 aromatic heterocycles. The van der Waals surface area contributed by atoms with Crippen LogP contribution in [0.4, 0.5) is 5.69 Å². The average molecular weight is 317 g/mol. The average Bonchev–Trinajstić information content (AvgIpc) is 2.72. The molecule has 0 spiro atoms. The lowest BCUT2D eigenvalue weighted by Gasteiger charge is -2.37. The number of nitrogens with zero attached hydrogens (tertiary/aromatic N) is 3. The molecule has 3 rings (SSSR count). The Morgan fingerprint density at radius 1 is 1.26 bits per heavy atom. The van der Waals surface area contributed by atoms with Gasteiger partial charge in [-0.3, -0.25) is 4.98 Å². The van der Waals surface area contributed by atoms with Crippen molar-refractivity contribution >= 4 is 5.69 Å². The molecule has 0 saturated carbocycles. The Kier molecular flexibility index (Phi) is 5.22. The third-order valence-electron chi connectivity index (χ3n) is 5.24. The minimum atomic E-state index is 0.0644. The van der Waals surface area contributed by atoms with Gasteiger partial charge in [-0.2, -0.15) is 0 Å². The summed E-state index contributed by atoms with van der Waals surface area (Å²) in [5.41, 5.74) is 2.70. The van der Waals surface area contributed by atoms with Crippen molar-refractivity contribution in [2.24, 2.45) is 5.92 Å². The Balaban J connectivity index is 1.55. The van der Waals surface area contributed by atoms with Crippen LogP contribution in [0, 0.1) is 12.8 Å². The van der Waals surface area contributed by atoms with Crippen molar-refractivity contribution in [3.8, 4) is 0 Å². The second kappa shape index (κ2) is 7.18. The van der Waals surface area contributed by atoms with Gasteiger partial charge in [0.05, 0.1) is 5.60 Å². The van der Waals surface area contributed by atoms with E-state index >= 15 is 0 Å². The third kappa shape index (κ3) is 4.45. The van der Waals surface area contributed by atoms with E-state index in [2.05, 4.69) is 41.6 Å². The molecule has 0 bridgehead atoms. The summed E-state index contributed by atoms with van der Waals surface area (Å²) in [6, 6.07) is 2.16. The first-order chi connectivity index (χ1) is 11.0. The molecule has 2 aliphatic heterocycles. The lowest BCUT2D eigenvalue weighted by atomic mass is 9.88. The summed E-state index contributed by atoms with van der Waals surface area (Å²) in [6.07, 6.45) is 7.54. The smallest absolute Gasteiger partial charge is 0.0629 e. The number of pyridine rings is 1. The second-order valence-corrected chi connectivity index (χ2v) is 7.77. The molecular weight excluding hydrogens is 286 g/mol. The number of aryl methyl sites for hydroxylation is 1. The van der Waals surface area contributed by atoms with E-state index in [-0.39, 0.29) is 5.60 Å². The zero-order valence-electron chi connectivity index (χ0n) is 14.9. The summed E-state index contributed by atoms with van der Waals surface area (Å²) in [5.74, 6) is 0.785. The molecule has 2 saturated heterocycles. The fraction of sp³-hybridized carbons (Fsp3) is 0.737. The summed E-state index contributed by atoms with van der Waals surface area (Å²) >= 11 is 0. The zero-order chi connectivity index (χ0) is 16.3. The van der Waals surface area contributed by atoms with Gasteiger partial charge in [0, 0.05) is 50.9 Å². The highest BCUT2D eigenvalue weighted by molar-refractivity contribution is 5.51. The number of aromatic nitrogens is 1. The number of hydrogen-bond donors (Lipinski definition) is 0. The maximum absolute atomic E-state index is 5.86. The van der Waals surface area contributed by atoms with Crippen LogP contribution >= 0.6 is 0 Å². The first kappa shape index (κ1) is 16.7. The molecule has 2 aliphatic rings. The summed E-state index contributed by atoms with van der Waals surface area (Å²) in [4.78, 5) is 9.42. The highest BCUT2D eigenvalue weighted by Crippen LogP contribution is 2.29. The van der Waals surface area contributed by atoms with Gasteiger partial charge in [-0.05, 0) is 64.1 Å². The van der Waals surface area contributed by atoms with Gasteiger partial charge < -0.3 is 14.5 Å². The van der Waals surface area contributed by atoms with Crippen LogP contribution in [-0.2, 0) is 4.74 Å². The molecular formula is C19H31N3O. The van der Waals surface area contributed by atoms with Crippen LogP contribution in [0.3, 0.4) is 0 Å². The SMILES string of the molecule is Cc1cnccc1N1CCCN(CC2CCOC(C)(C)C2)CC1. The van der Waals surface area contributed by atoms with E-state index in [1.54, 1.807) is 0 Å². The van der Waals surface area contributed by atoms with E-state index < -0.39 is 0 Å². The van der Waals surface area contributed by atoms with Crippen molar-refractivity contribution in [2.45, 2.75) is 45.6 Å². The lowest BCUT2D eigenvalue weighted by molar-refractivity contribution is -0.0765. The monoisotopic (exact) mass is 317 g/mol. The zero-order valence-corrected chi connectivity index (χ0v) is 14.9. The second-order valence-electron chi connectivity index (χ2n) is 7.77. The van der Waals surface area contributed by atoms with E-state index in [0.29, 0.717) is 0 Å². The van der Waals surface area contributed by atoms with Crippen LogP contribution < -0.4 is 4.90 Å². The molecule has 4 nitrogen and oxygen atoms in total. The first-order valence-electron chi connectivity index (χ1n) is 9.05. The number of rotatable bonds is 3. The first-order valence-corrected chi connectivity index (χ1v) is 9.05. The predicted molar refractivity (Wildman–Crippen MR) is 95.0 cm³/mol. The van der Waals surface area contributed by atoms with Crippen LogP contribution in [0.15, 0.2) is 18.5 Å². The van der Waals surface area contributed by atoms with E-state index in [9.17, 15) is 0 Å². The highest BCUT2D eigenvalue weighted by Gasteiger charge is 2.30. The summed E-state index contributed by atoms with van der Waals surface area (Å²) < 4.78 is 5.86. The number of ether oxygens (including phenoxy) is 1. The van der Waals surface area contributed by atoms with Crippen molar-refractivity contribution < 1.29 is 4.74 Å². The number of anilines is 1. The largest absolute Gasteiger partial charge is 0.376 e. The molecule has 23 heavy (non-hydrogen) atoms. The van der Waals surface area contributed by atoms with Crippen LogP contribution in [0.5, 0.6) is 0 Å². The van der Waals surface area contributed by atoms with Crippen molar-refractivity contribution in [2.75, 3.05) is 44.2 Å². The van der Waals surface area contributed by atoms with Gasteiger partial charge in [0.1, 0.15) is 0 Å². The standard InChI is InChI=1S/C19H31N3O/c1-16-14-20-7-5-18(16)22-9-4-8-21(10-11-22)15-17-6-12-23-19(2,3)13-17/h5,7,14,17H,4,6,8-13,15H2,1-3H3. The Labute approximate surface area is 140 Å². The molecule has 0 aromatic carbocycles. The molecule has 3 heterocycles. The van der Waals surface area contributed by atoms with Gasteiger partial charge >= 0.3 is 0 Å². The molecule has 0 radical (unpaired) electrons. The summed E-state index contributed by atoms with van der Waals surface area (Å²) in [6.45, 7) is 13.4. The van der Waals surface area contributed by atoms with Gasteiger partial charge in [0.15, 0.2) is 0 Å². The minimum absolute atomic E-state index is 0.0644. The summed E-state index contributed by atoms with van der Waals surface area (Å²) in [7, 11) is 0. The van der Waals surface area contributed by atoms with E-state index in [0.717, 1.165) is 25.6 Å². The Hall–Kier alpha value is -1.13. The van der Waals surface area contributed by atoms with Crippen LogP contribution in [-0.4, -0.2) is 54.8 Å². The van der Waals surface area contributed by atoms with Crippen molar-refractivity contribution in [3.05, 3.63) is 24.0 Å². The predicted octanol–water partition coefficient (Wildman–Crippen LogP) is 3.11. The fourth-order valence-corrected chi connectivity index (χ4v) is 4.09. The van der Waals surface area contributed by atoms with Crippen LogP contribution in [0.25, 0.3) is 0 Å². The lowest BCUT2D eigenvalue weighted by Crippen LogP contribution is -2.40.